The fraction of sp³-hybridized carbons (Fsp3) is 0.435. The summed E-state index contributed by atoms with van der Waals surface area (Å²) in [7, 11) is 0. The number of nitrogens with zero attached hydrogens (tertiary/aromatic N) is 2. The molecule has 2 aromatic carbocycles. The predicted octanol–water partition coefficient (Wildman–Crippen LogP) is 3.91. The number of aliphatic imine (C=N–C) groups is 1. The molecule has 1 aliphatic heterocycles. The molecule has 1 fully saturated rings. The van der Waals surface area contributed by atoms with Crippen molar-refractivity contribution in [2.24, 2.45) is 10.9 Å². The van der Waals surface area contributed by atoms with Crippen LogP contribution in [0.2, 0.25) is 0 Å². The van der Waals surface area contributed by atoms with Gasteiger partial charge in [0.05, 0.1) is 6.54 Å². The maximum Gasteiger partial charge on any atom is 0.191 e. The summed E-state index contributed by atoms with van der Waals surface area (Å²) in [6.07, 6.45) is 2.10. The Morgan fingerprint density at radius 2 is 1.83 bits per heavy atom. The van der Waals surface area contributed by atoms with Crippen LogP contribution in [0.15, 0.2) is 53.5 Å². The summed E-state index contributed by atoms with van der Waals surface area (Å²) in [5.41, 5.74) is 3.25. The maximum absolute atomic E-state index is 13.3. The van der Waals surface area contributed by atoms with Crippen molar-refractivity contribution in [2.75, 3.05) is 31.1 Å². The Morgan fingerprint density at radius 1 is 1.10 bits per heavy atom. The zero-order valence-electron chi connectivity index (χ0n) is 17.5. The normalized spacial score (nSPS) is 14.9. The number of hydrogen-bond acceptors (Lipinski definition) is 3. The Hall–Kier alpha value is -1.87. The lowest BCUT2D eigenvalue weighted by Gasteiger charge is -2.33. The van der Waals surface area contributed by atoms with Crippen molar-refractivity contribution in [3.8, 4) is 0 Å². The molecule has 164 valence electrons. The molecule has 0 bridgehead atoms. The molecule has 0 radical (unpaired) electrons. The Balaban J connectivity index is 0.00000320. The van der Waals surface area contributed by atoms with Crippen LogP contribution >= 0.6 is 24.0 Å². The smallest absolute Gasteiger partial charge is 0.191 e. The molecule has 30 heavy (non-hydrogen) atoms. The summed E-state index contributed by atoms with van der Waals surface area (Å²) in [5, 5.41) is 15.8. The number of hydrogen-bond donors (Lipinski definition) is 3. The predicted molar refractivity (Wildman–Crippen MR) is 132 cm³/mol. The standard InChI is InChI=1S/C23H31FN4O.HI/c1-2-25-23(27-16-20-4-3-5-21(24)14-20)26-15-18-6-8-22(9-7-18)28-12-10-19(17-29)11-13-28;/h3-9,14,19,29H,2,10-13,15-17H2,1H3,(H2,25,26,27);1H. The third kappa shape index (κ3) is 7.43. The van der Waals surface area contributed by atoms with Gasteiger partial charge in [0.1, 0.15) is 5.82 Å². The van der Waals surface area contributed by atoms with Crippen molar-refractivity contribution in [1.82, 2.24) is 10.6 Å². The molecule has 0 amide bonds. The van der Waals surface area contributed by atoms with Gasteiger partial charge in [-0.15, -0.1) is 24.0 Å². The van der Waals surface area contributed by atoms with E-state index in [1.807, 2.05) is 13.0 Å². The van der Waals surface area contributed by atoms with Crippen LogP contribution in [0.4, 0.5) is 10.1 Å². The number of aliphatic hydroxyl groups excluding tert-OH is 1. The first-order valence-electron chi connectivity index (χ1n) is 10.4. The third-order valence-corrected chi connectivity index (χ3v) is 5.29. The number of guanidine groups is 1. The Kier molecular flexibility index (Phi) is 10.4. The van der Waals surface area contributed by atoms with E-state index in [9.17, 15) is 9.50 Å². The summed E-state index contributed by atoms with van der Waals surface area (Å²) in [6, 6.07) is 15.1. The molecule has 1 heterocycles. The minimum atomic E-state index is -0.240. The van der Waals surface area contributed by atoms with E-state index in [0.29, 0.717) is 31.6 Å². The second kappa shape index (κ2) is 12.7. The fourth-order valence-electron chi connectivity index (χ4n) is 3.53. The van der Waals surface area contributed by atoms with Crippen molar-refractivity contribution < 1.29 is 9.50 Å². The molecule has 0 unspecified atom stereocenters. The van der Waals surface area contributed by atoms with Crippen LogP contribution in [0.5, 0.6) is 0 Å². The van der Waals surface area contributed by atoms with Gasteiger partial charge >= 0.3 is 0 Å². The van der Waals surface area contributed by atoms with E-state index in [2.05, 4.69) is 44.8 Å². The quantitative estimate of drug-likeness (QED) is 0.291. The van der Waals surface area contributed by atoms with Crippen molar-refractivity contribution in [3.63, 3.8) is 0 Å². The van der Waals surface area contributed by atoms with Gasteiger partial charge in [0, 0.05) is 38.5 Å². The van der Waals surface area contributed by atoms with Gasteiger partial charge in [0.2, 0.25) is 0 Å². The largest absolute Gasteiger partial charge is 0.396 e. The van der Waals surface area contributed by atoms with Crippen molar-refractivity contribution in [3.05, 3.63) is 65.5 Å². The summed E-state index contributed by atoms with van der Waals surface area (Å²) in [6.45, 7) is 6.18. The second-order valence-electron chi connectivity index (χ2n) is 7.46. The highest BCUT2D eigenvalue weighted by Gasteiger charge is 2.18. The van der Waals surface area contributed by atoms with Gasteiger partial charge in [-0.1, -0.05) is 24.3 Å². The van der Waals surface area contributed by atoms with Crippen LogP contribution in [-0.2, 0) is 13.1 Å². The molecule has 0 atom stereocenters. The molecule has 1 saturated heterocycles. The molecule has 7 heteroatoms. The van der Waals surface area contributed by atoms with Gasteiger partial charge < -0.3 is 20.6 Å². The van der Waals surface area contributed by atoms with E-state index in [0.717, 1.165) is 38.0 Å². The Labute approximate surface area is 195 Å². The molecule has 3 rings (SSSR count). The van der Waals surface area contributed by atoms with Gasteiger partial charge in [-0.25, -0.2) is 9.38 Å². The first-order chi connectivity index (χ1) is 14.2. The fourth-order valence-corrected chi connectivity index (χ4v) is 3.53. The third-order valence-electron chi connectivity index (χ3n) is 5.29. The minimum Gasteiger partial charge on any atom is -0.396 e. The lowest BCUT2D eigenvalue weighted by molar-refractivity contribution is 0.203. The molecule has 2 aromatic rings. The Morgan fingerprint density at radius 3 is 2.47 bits per heavy atom. The average Bonchev–Trinajstić information content (AvgIpc) is 2.76. The number of benzene rings is 2. The number of piperidine rings is 1. The lowest BCUT2D eigenvalue weighted by Crippen LogP contribution is -2.36. The van der Waals surface area contributed by atoms with E-state index < -0.39 is 0 Å². The molecular formula is C23H32FIN4O. The van der Waals surface area contributed by atoms with Crippen LogP contribution in [0.25, 0.3) is 0 Å². The monoisotopic (exact) mass is 526 g/mol. The van der Waals surface area contributed by atoms with Crippen LogP contribution in [0.3, 0.4) is 0 Å². The highest BCUT2D eigenvalue weighted by atomic mass is 127. The summed E-state index contributed by atoms with van der Waals surface area (Å²) < 4.78 is 13.3. The van der Waals surface area contributed by atoms with Crippen LogP contribution < -0.4 is 15.5 Å². The van der Waals surface area contributed by atoms with Gasteiger partial charge in [-0.2, -0.15) is 0 Å². The topological polar surface area (TPSA) is 59.9 Å². The van der Waals surface area contributed by atoms with E-state index in [4.69, 9.17) is 0 Å². The van der Waals surface area contributed by atoms with E-state index >= 15 is 0 Å². The molecule has 0 saturated carbocycles. The van der Waals surface area contributed by atoms with Crippen molar-refractivity contribution >= 4 is 35.6 Å². The van der Waals surface area contributed by atoms with Gasteiger partial charge in [-0.3, -0.25) is 0 Å². The SMILES string of the molecule is CCNC(=NCc1cccc(F)c1)NCc1ccc(N2CCC(CO)CC2)cc1.I. The zero-order chi connectivity index (χ0) is 20.5. The van der Waals surface area contributed by atoms with Gasteiger partial charge in [-0.05, 0) is 61.1 Å². The van der Waals surface area contributed by atoms with E-state index in [-0.39, 0.29) is 29.8 Å². The molecule has 0 spiro atoms. The molecule has 3 N–H and O–H groups in total. The summed E-state index contributed by atoms with van der Waals surface area (Å²) in [5.74, 6) is 0.925. The van der Waals surface area contributed by atoms with Crippen molar-refractivity contribution in [2.45, 2.75) is 32.9 Å². The Bertz CT molecular complexity index is 792. The zero-order valence-corrected chi connectivity index (χ0v) is 19.8. The first kappa shape index (κ1) is 24.4. The summed E-state index contributed by atoms with van der Waals surface area (Å²) in [4.78, 5) is 6.93. The number of halogens is 2. The number of anilines is 1. The molecule has 0 aliphatic carbocycles. The number of nitrogens with one attached hydrogen (secondary N) is 2. The average molecular weight is 526 g/mol. The van der Waals surface area contributed by atoms with Gasteiger partial charge in [0.15, 0.2) is 5.96 Å². The highest BCUT2D eigenvalue weighted by molar-refractivity contribution is 14.0. The summed E-state index contributed by atoms with van der Waals surface area (Å²) >= 11 is 0. The molecule has 5 nitrogen and oxygen atoms in total. The first-order valence-corrected chi connectivity index (χ1v) is 10.4. The highest BCUT2D eigenvalue weighted by Crippen LogP contribution is 2.23. The van der Waals surface area contributed by atoms with E-state index in [1.165, 1.54) is 23.4 Å². The van der Waals surface area contributed by atoms with E-state index in [1.54, 1.807) is 6.07 Å². The number of aliphatic hydroxyl groups is 1. The maximum atomic E-state index is 13.3. The number of rotatable bonds is 7. The molecular weight excluding hydrogens is 494 g/mol. The lowest BCUT2D eigenvalue weighted by atomic mass is 9.97. The van der Waals surface area contributed by atoms with Crippen LogP contribution in [0.1, 0.15) is 30.9 Å². The van der Waals surface area contributed by atoms with Crippen LogP contribution in [-0.4, -0.2) is 37.3 Å². The second-order valence-corrected chi connectivity index (χ2v) is 7.46. The minimum absolute atomic E-state index is 0. The molecule has 1 aliphatic rings. The van der Waals surface area contributed by atoms with Gasteiger partial charge in [0.25, 0.3) is 0 Å². The van der Waals surface area contributed by atoms with Crippen LogP contribution in [0, 0.1) is 11.7 Å². The molecule has 0 aromatic heterocycles. The van der Waals surface area contributed by atoms with Crippen molar-refractivity contribution in [1.29, 1.82) is 0 Å².